The van der Waals surface area contributed by atoms with Crippen molar-refractivity contribution >= 4 is 46.2 Å². The number of guanidine groups is 1. The van der Waals surface area contributed by atoms with Crippen molar-refractivity contribution in [3.05, 3.63) is 44.0 Å². The highest BCUT2D eigenvalue weighted by Crippen LogP contribution is 2.32. The molecule has 0 fully saturated rings. The van der Waals surface area contributed by atoms with Crippen LogP contribution in [0.1, 0.15) is 45.8 Å². The number of amides is 1. The maximum Gasteiger partial charge on any atom is 0.326 e. The Bertz CT molecular complexity index is 1220. The number of nitrogens with two attached hydrogens (primary N) is 3. The summed E-state index contributed by atoms with van der Waals surface area (Å²) in [6, 6.07) is 2.33. The first-order valence-electron chi connectivity index (χ1n) is 9.73. The van der Waals surface area contributed by atoms with E-state index in [9.17, 15) is 19.5 Å². The van der Waals surface area contributed by atoms with Gasteiger partial charge in [0.2, 0.25) is 5.95 Å². The third kappa shape index (κ3) is 5.06. The zero-order valence-electron chi connectivity index (χ0n) is 17.2. The van der Waals surface area contributed by atoms with E-state index in [-0.39, 0.29) is 36.4 Å². The SMILES string of the molecule is CC(c1ccc(C(=O)N[C@@H](CCCN=C(N)N)C(=O)O)s1)c1c[nH]c2nc(N)[nH]c(=O)c12. The van der Waals surface area contributed by atoms with Crippen LogP contribution in [0.25, 0.3) is 11.0 Å². The number of carbonyl (C=O) groups excluding carboxylic acids is 1. The van der Waals surface area contributed by atoms with Crippen LogP contribution >= 0.6 is 11.3 Å². The van der Waals surface area contributed by atoms with Gasteiger partial charge in [0.1, 0.15) is 11.7 Å². The molecule has 0 bridgehead atoms. The number of nitrogens with one attached hydrogen (secondary N) is 3. The summed E-state index contributed by atoms with van der Waals surface area (Å²) in [5, 5.41) is 12.3. The minimum Gasteiger partial charge on any atom is -0.480 e. The number of nitrogen functional groups attached to an aromatic ring is 1. The van der Waals surface area contributed by atoms with Crippen molar-refractivity contribution in [3.63, 3.8) is 0 Å². The van der Waals surface area contributed by atoms with Crippen LogP contribution in [0.2, 0.25) is 0 Å². The third-order valence-electron chi connectivity index (χ3n) is 4.88. The molecule has 3 heterocycles. The molecule has 13 heteroatoms. The highest BCUT2D eigenvalue weighted by Gasteiger charge is 2.23. The van der Waals surface area contributed by atoms with Crippen LogP contribution in [0.3, 0.4) is 0 Å². The fraction of sp³-hybridized carbons (Fsp3) is 0.316. The number of hydrogen-bond donors (Lipinski definition) is 7. The third-order valence-corrected chi connectivity index (χ3v) is 6.15. The molecule has 1 unspecified atom stereocenters. The van der Waals surface area contributed by atoms with Gasteiger partial charge in [-0.15, -0.1) is 11.3 Å². The number of hydrogen-bond acceptors (Lipinski definition) is 7. The average molecular weight is 461 g/mol. The molecule has 0 saturated heterocycles. The van der Waals surface area contributed by atoms with E-state index in [1.54, 1.807) is 18.3 Å². The maximum atomic E-state index is 12.6. The molecule has 0 aliphatic rings. The monoisotopic (exact) mass is 460 g/mol. The molecule has 0 radical (unpaired) electrons. The van der Waals surface area contributed by atoms with Crippen molar-refractivity contribution in [3.8, 4) is 0 Å². The number of aromatic amines is 2. The number of anilines is 1. The molecule has 0 aliphatic heterocycles. The summed E-state index contributed by atoms with van der Waals surface area (Å²) in [4.78, 5) is 50.9. The van der Waals surface area contributed by atoms with Crippen molar-refractivity contribution in [2.75, 3.05) is 12.3 Å². The molecule has 0 aliphatic carbocycles. The first kappa shape index (κ1) is 22.8. The van der Waals surface area contributed by atoms with Gasteiger partial charge in [-0.25, -0.2) is 4.79 Å². The van der Waals surface area contributed by atoms with Crippen LogP contribution in [-0.4, -0.2) is 50.5 Å². The zero-order valence-corrected chi connectivity index (χ0v) is 18.0. The van der Waals surface area contributed by atoms with Gasteiger partial charge in [0.25, 0.3) is 11.5 Å². The largest absolute Gasteiger partial charge is 0.480 e. The van der Waals surface area contributed by atoms with Crippen molar-refractivity contribution in [2.24, 2.45) is 16.5 Å². The molecular formula is C19H24N8O4S. The van der Waals surface area contributed by atoms with Crippen LogP contribution in [0.15, 0.2) is 28.1 Å². The number of aromatic nitrogens is 3. The van der Waals surface area contributed by atoms with Crippen molar-refractivity contribution in [1.29, 1.82) is 0 Å². The van der Waals surface area contributed by atoms with Crippen LogP contribution < -0.4 is 28.1 Å². The Balaban J connectivity index is 1.73. The predicted octanol–water partition coefficient (Wildman–Crippen LogP) is 0.283. The Kier molecular flexibility index (Phi) is 6.78. The van der Waals surface area contributed by atoms with Crippen LogP contribution in [0.5, 0.6) is 0 Å². The smallest absolute Gasteiger partial charge is 0.326 e. The molecule has 3 aromatic rings. The fourth-order valence-corrected chi connectivity index (χ4v) is 4.26. The Labute approximate surface area is 185 Å². The van der Waals surface area contributed by atoms with Crippen molar-refractivity contribution in [2.45, 2.75) is 31.7 Å². The van der Waals surface area contributed by atoms with E-state index >= 15 is 0 Å². The summed E-state index contributed by atoms with van der Waals surface area (Å²) in [7, 11) is 0. The summed E-state index contributed by atoms with van der Waals surface area (Å²) in [5.41, 5.74) is 16.8. The lowest BCUT2D eigenvalue weighted by Gasteiger charge is -2.13. The van der Waals surface area contributed by atoms with Gasteiger partial charge >= 0.3 is 5.97 Å². The molecule has 1 amide bonds. The summed E-state index contributed by atoms with van der Waals surface area (Å²) in [6.07, 6.45) is 2.27. The van der Waals surface area contributed by atoms with Crippen LogP contribution in [-0.2, 0) is 4.79 Å². The van der Waals surface area contributed by atoms with Gasteiger partial charge in [-0.1, -0.05) is 6.92 Å². The molecule has 0 saturated carbocycles. The van der Waals surface area contributed by atoms with Gasteiger partial charge in [0.15, 0.2) is 5.96 Å². The number of carbonyl (C=O) groups is 2. The Morgan fingerprint density at radius 2 is 2.09 bits per heavy atom. The number of fused-ring (bicyclic) bond motifs is 1. The second-order valence-corrected chi connectivity index (χ2v) is 8.27. The molecule has 3 aromatic heterocycles. The van der Waals surface area contributed by atoms with E-state index in [1.165, 1.54) is 11.3 Å². The topological polar surface area (TPSA) is 218 Å². The molecule has 32 heavy (non-hydrogen) atoms. The van der Waals surface area contributed by atoms with Gasteiger partial charge < -0.3 is 32.6 Å². The summed E-state index contributed by atoms with van der Waals surface area (Å²) in [6.45, 7) is 2.17. The molecule has 2 atom stereocenters. The zero-order chi connectivity index (χ0) is 23.4. The van der Waals surface area contributed by atoms with Crippen molar-refractivity contribution < 1.29 is 14.7 Å². The molecule has 3 rings (SSSR count). The minimum absolute atomic E-state index is 0.0184. The Hall–Kier alpha value is -3.87. The molecule has 0 spiro atoms. The number of H-pyrrole nitrogens is 2. The minimum atomic E-state index is -1.14. The first-order chi connectivity index (χ1) is 15.2. The van der Waals surface area contributed by atoms with Gasteiger partial charge in [-0.3, -0.25) is 19.6 Å². The lowest BCUT2D eigenvalue weighted by atomic mass is 10.0. The highest BCUT2D eigenvalue weighted by atomic mass is 32.1. The van der Waals surface area contributed by atoms with E-state index in [0.717, 1.165) is 4.88 Å². The van der Waals surface area contributed by atoms with E-state index in [0.29, 0.717) is 27.9 Å². The number of carboxylic acid groups (broad SMARTS) is 1. The van der Waals surface area contributed by atoms with Crippen molar-refractivity contribution in [1.82, 2.24) is 20.3 Å². The van der Waals surface area contributed by atoms with E-state index in [2.05, 4.69) is 25.3 Å². The molecular weight excluding hydrogens is 436 g/mol. The second-order valence-electron chi connectivity index (χ2n) is 7.16. The normalized spacial score (nSPS) is 12.9. The van der Waals surface area contributed by atoms with Gasteiger partial charge in [-0.2, -0.15) is 4.98 Å². The number of carboxylic acids is 1. The molecule has 12 nitrogen and oxygen atoms in total. The summed E-state index contributed by atoms with van der Waals surface area (Å²) in [5.74, 6) is -1.90. The van der Waals surface area contributed by atoms with Crippen LogP contribution in [0.4, 0.5) is 5.95 Å². The lowest BCUT2D eigenvalue weighted by Crippen LogP contribution is -2.40. The summed E-state index contributed by atoms with van der Waals surface area (Å²) >= 11 is 1.22. The molecule has 0 aromatic carbocycles. The lowest BCUT2D eigenvalue weighted by molar-refractivity contribution is -0.139. The van der Waals surface area contributed by atoms with E-state index in [4.69, 9.17) is 17.2 Å². The van der Waals surface area contributed by atoms with Gasteiger partial charge in [-0.05, 0) is 30.5 Å². The first-order valence-corrected chi connectivity index (χ1v) is 10.5. The quantitative estimate of drug-likeness (QED) is 0.133. The number of nitrogens with zero attached hydrogens (tertiary/aromatic N) is 2. The van der Waals surface area contributed by atoms with Crippen LogP contribution in [0, 0.1) is 0 Å². The fourth-order valence-electron chi connectivity index (χ4n) is 3.27. The summed E-state index contributed by atoms with van der Waals surface area (Å²) < 4.78 is 0. The Morgan fingerprint density at radius 1 is 1.34 bits per heavy atom. The number of aliphatic carboxylic acids is 1. The average Bonchev–Trinajstić information content (AvgIpc) is 3.36. The number of thiophene rings is 1. The second kappa shape index (κ2) is 9.51. The standard InChI is InChI=1S/C19H24N8O4S/c1-8(9-7-24-14-13(9)16(29)27-19(22)26-14)11-4-5-12(32-11)15(28)25-10(17(30)31)3-2-6-23-18(20)21/h4-5,7-8,10H,2-3,6H2,1H3,(H,25,28)(H,30,31)(H4,20,21,23)(H4,22,24,26,27,29)/t8?,10-/m0/s1. The maximum absolute atomic E-state index is 12.6. The van der Waals surface area contributed by atoms with Gasteiger partial charge in [0, 0.05) is 23.5 Å². The van der Waals surface area contributed by atoms with Gasteiger partial charge in [0.05, 0.1) is 10.3 Å². The van der Waals surface area contributed by atoms with E-state index < -0.39 is 17.9 Å². The Morgan fingerprint density at radius 3 is 2.78 bits per heavy atom. The molecule has 10 N–H and O–H groups in total. The number of rotatable bonds is 9. The number of aliphatic imine (C=N–C) groups is 1. The van der Waals surface area contributed by atoms with E-state index in [1.807, 2.05) is 6.92 Å². The predicted molar refractivity (Wildman–Crippen MR) is 122 cm³/mol. The highest BCUT2D eigenvalue weighted by molar-refractivity contribution is 7.14. The molecule has 170 valence electrons.